The minimum Gasteiger partial charge on any atom is -0.286 e. The molecule has 1 aromatic rings. The second-order valence-corrected chi connectivity index (χ2v) is 7.24. The number of nitrogens with zero attached hydrogens (tertiary/aromatic N) is 2. The van der Waals surface area contributed by atoms with E-state index in [9.17, 15) is 4.79 Å². The number of thiocarbonyl (C=S) groups is 1. The van der Waals surface area contributed by atoms with Crippen molar-refractivity contribution in [3.05, 3.63) is 39.8 Å². The van der Waals surface area contributed by atoms with Gasteiger partial charge in [0.1, 0.15) is 4.32 Å². The summed E-state index contributed by atoms with van der Waals surface area (Å²) in [7, 11) is 0. The number of benzene rings is 1. The van der Waals surface area contributed by atoms with Gasteiger partial charge < -0.3 is 0 Å². The Bertz CT molecular complexity index is 594. The Morgan fingerprint density at radius 2 is 1.90 bits per heavy atom. The fourth-order valence-electron chi connectivity index (χ4n) is 2.46. The van der Waals surface area contributed by atoms with E-state index in [0.717, 1.165) is 18.7 Å². The molecule has 1 amide bonds. The lowest BCUT2D eigenvalue weighted by Gasteiger charge is -2.22. The molecule has 0 saturated carbocycles. The highest BCUT2D eigenvalue weighted by molar-refractivity contribution is 8.26. The Hall–Kier alpha value is -0.880. The molecular weight excluding hydrogens is 324 g/mol. The number of hydrogen-bond acceptors (Lipinski definition) is 4. The molecule has 3 rings (SSSR count). The van der Waals surface area contributed by atoms with Gasteiger partial charge in [-0.1, -0.05) is 47.7 Å². The number of hydrogen-bond donors (Lipinski definition) is 0. The van der Waals surface area contributed by atoms with Crippen LogP contribution in [0.15, 0.2) is 29.2 Å². The van der Waals surface area contributed by atoms with Crippen molar-refractivity contribution in [3.8, 4) is 0 Å². The number of likely N-dealkylation sites (tertiary alicyclic amines) is 1. The molecule has 2 heterocycles. The van der Waals surface area contributed by atoms with Crippen molar-refractivity contribution in [2.24, 2.45) is 0 Å². The lowest BCUT2D eigenvalue weighted by atomic mass is 10.2. The molecule has 0 radical (unpaired) electrons. The largest absolute Gasteiger partial charge is 0.286 e. The maximum Gasteiger partial charge on any atom is 0.267 e. The predicted octanol–water partition coefficient (Wildman–Crippen LogP) is 3.59. The Kier molecular flexibility index (Phi) is 4.64. The third-order valence-corrected chi connectivity index (χ3v) is 5.21. The summed E-state index contributed by atoms with van der Waals surface area (Å²) in [5.41, 5.74) is 0.959. The van der Waals surface area contributed by atoms with E-state index in [1.807, 2.05) is 30.3 Å². The van der Waals surface area contributed by atoms with Gasteiger partial charge in [0.15, 0.2) is 0 Å². The zero-order valence-electron chi connectivity index (χ0n) is 11.4. The Labute approximate surface area is 138 Å². The topological polar surface area (TPSA) is 23.6 Å². The van der Waals surface area contributed by atoms with E-state index in [2.05, 4.69) is 4.90 Å². The molecular formula is C15H15ClN2OS2. The van der Waals surface area contributed by atoms with Crippen LogP contribution < -0.4 is 0 Å². The molecule has 6 heteroatoms. The van der Waals surface area contributed by atoms with Crippen LogP contribution >= 0.6 is 35.6 Å². The van der Waals surface area contributed by atoms with E-state index in [0.29, 0.717) is 20.9 Å². The van der Waals surface area contributed by atoms with Gasteiger partial charge >= 0.3 is 0 Å². The number of carbonyl (C=O) groups excluding carboxylic acids is 1. The molecule has 2 fully saturated rings. The summed E-state index contributed by atoms with van der Waals surface area (Å²) in [6.45, 7) is 2.71. The lowest BCUT2D eigenvalue weighted by molar-refractivity contribution is -0.123. The molecule has 0 spiro atoms. The molecule has 2 saturated heterocycles. The van der Waals surface area contributed by atoms with Crippen LogP contribution in [-0.4, -0.2) is 39.8 Å². The fraction of sp³-hybridized carbons (Fsp3) is 0.333. The van der Waals surface area contributed by atoms with E-state index >= 15 is 0 Å². The van der Waals surface area contributed by atoms with Crippen molar-refractivity contribution in [1.29, 1.82) is 0 Å². The highest BCUT2D eigenvalue weighted by Gasteiger charge is 2.33. The standard InChI is InChI=1S/C15H15ClN2OS2/c16-12-5-3-11(4-6-12)9-13-14(19)18(15(20)21-13)10-17-7-1-2-8-17/h3-6,9H,1-2,7-8,10H2. The van der Waals surface area contributed by atoms with Crippen LogP contribution in [0.2, 0.25) is 5.02 Å². The van der Waals surface area contributed by atoms with Crippen LogP contribution in [-0.2, 0) is 4.79 Å². The van der Waals surface area contributed by atoms with Crippen LogP contribution in [0.25, 0.3) is 6.08 Å². The molecule has 0 N–H and O–H groups in total. The maximum absolute atomic E-state index is 12.5. The molecule has 110 valence electrons. The third-order valence-electron chi connectivity index (χ3n) is 3.58. The second kappa shape index (κ2) is 6.48. The summed E-state index contributed by atoms with van der Waals surface area (Å²) in [6.07, 6.45) is 4.28. The van der Waals surface area contributed by atoms with Gasteiger partial charge in [-0.2, -0.15) is 0 Å². The van der Waals surface area contributed by atoms with Gasteiger partial charge in [0, 0.05) is 5.02 Å². The van der Waals surface area contributed by atoms with E-state index in [-0.39, 0.29) is 5.91 Å². The molecule has 2 aliphatic heterocycles. The van der Waals surface area contributed by atoms with Crippen molar-refractivity contribution in [3.63, 3.8) is 0 Å². The SMILES string of the molecule is O=C1C(=Cc2ccc(Cl)cc2)SC(=S)N1CN1CCCC1. The smallest absolute Gasteiger partial charge is 0.267 e. The number of thioether (sulfide) groups is 1. The average molecular weight is 339 g/mol. The Morgan fingerprint density at radius 1 is 1.24 bits per heavy atom. The average Bonchev–Trinajstić information content (AvgIpc) is 3.06. The van der Waals surface area contributed by atoms with Crippen molar-refractivity contribution in [1.82, 2.24) is 9.80 Å². The summed E-state index contributed by atoms with van der Waals surface area (Å²) in [5.74, 6) is 0.00634. The number of halogens is 1. The molecule has 0 bridgehead atoms. The maximum atomic E-state index is 12.5. The van der Waals surface area contributed by atoms with Crippen LogP contribution in [0.3, 0.4) is 0 Å². The molecule has 21 heavy (non-hydrogen) atoms. The Balaban J connectivity index is 1.74. The normalized spacial score (nSPS) is 21.8. The predicted molar refractivity (Wildman–Crippen MR) is 92.1 cm³/mol. The van der Waals surface area contributed by atoms with Crippen LogP contribution in [0.5, 0.6) is 0 Å². The summed E-state index contributed by atoms with van der Waals surface area (Å²) in [5, 5.41) is 0.689. The third kappa shape index (κ3) is 3.48. The zero-order chi connectivity index (χ0) is 14.8. The molecule has 0 unspecified atom stereocenters. The number of carbonyl (C=O) groups is 1. The summed E-state index contributed by atoms with van der Waals surface area (Å²) >= 11 is 12.6. The highest BCUT2D eigenvalue weighted by atomic mass is 35.5. The van der Waals surface area contributed by atoms with Crippen molar-refractivity contribution in [2.45, 2.75) is 12.8 Å². The van der Waals surface area contributed by atoms with Gasteiger partial charge in [0.25, 0.3) is 5.91 Å². The van der Waals surface area contributed by atoms with Gasteiger partial charge in [0.05, 0.1) is 11.6 Å². The van der Waals surface area contributed by atoms with Crippen LogP contribution in [0, 0.1) is 0 Å². The molecule has 0 atom stereocenters. The van der Waals surface area contributed by atoms with Gasteiger partial charge in [-0.25, -0.2) is 0 Å². The summed E-state index contributed by atoms with van der Waals surface area (Å²) in [6, 6.07) is 7.43. The van der Waals surface area contributed by atoms with E-state index in [1.165, 1.54) is 24.6 Å². The van der Waals surface area contributed by atoms with Gasteiger partial charge in [0.2, 0.25) is 0 Å². The molecule has 0 aromatic heterocycles. The highest BCUT2D eigenvalue weighted by Crippen LogP contribution is 2.33. The van der Waals surface area contributed by atoms with E-state index in [1.54, 1.807) is 4.90 Å². The first-order valence-corrected chi connectivity index (χ1v) is 8.47. The van der Waals surface area contributed by atoms with E-state index in [4.69, 9.17) is 23.8 Å². The quantitative estimate of drug-likeness (QED) is 0.620. The fourth-order valence-corrected chi connectivity index (χ4v) is 3.82. The minimum absolute atomic E-state index is 0.00634. The first-order chi connectivity index (χ1) is 10.1. The van der Waals surface area contributed by atoms with Gasteiger partial charge in [-0.15, -0.1) is 0 Å². The summed E-state index contributed by atoms with van der Waals surface area (Å²) < 4.78 is 0.645. The van der Waals surface area contributed by atoms with Gasteiger partial charge in [-0.05, 0) is 49.7 Å². The molecule has 0 aliphatic carbocycles. The minimum atomic E-state index is 0.00634. The van der Waals surface area contributed by atoms with E-state index < -0.39 is 0 Å². The molecule has 2 aliphatic rings. The first kappa shape index (κ1) is 15.0. The monoisotopic (exact) mass is 338 g/mol. The number of rotatable bonds is 3. The summed E-state index contributed by atoms with van der Waals surface area (Å²) in [4.78, 5) is 17.1. The van der Waals surface area contributed by atoms with Crippen molar-refractivity contribution >= 4 is 51.9 Å². The zero-order valence-corrected chi connectivity index (χ0v) is 13.8. The van der Waals surface area contributed by atoms with Crippen LogP contribution in [0.1, 0.15) is 18.4 Å². The van der Waals surface area contributed by atoms with Crippen molar-refractivity contribution < 1.29 is 4.79 Å². The first-order valence-electron chi connectivity index (χ1n) is 6.87. The molecule has 3 nitrogen and oxygen atoms in total. The molecule has 1 aromatic carbocycles. The van der Waals surface area contributed by atoms with Crippen LogP contribution in [0.4, 0.5) is 0 Å². The lowest BCUT2D eigenvalue weighted by Crippen LogP contribution is -2.38. The Morgan fingerprint density at radius 3 is 2.57 bits per heavy atom. The second-order valence-electron chi connectivity index (χ2n) is 5.13. The van der Waals surface area contributed by atoms with Gasteiger partial charge in [-0.3, -0.25) is 14.6 Å². The number of amides is 1. The van der Waals surface area contributed by atoms with Crippen molar-refractivity contribution in [2.75, 3.05) is 19.8 Å².